The van der Waals surface area contributed by atoms with Gasteiger partial charge in [0.2, 0.25) is 0 Å². The van der Waals surface area contributed by atoms with E-state index in [0.29, 0.717) is 30.3 Å². The maximum atomic E-state index is 11.9. The second kappa shape index (κ2) is 8.48. The lowest BCUT2D eigenvalue weighted by Crippen LogP contribution is -2.09. The van der Waals surface area contributed by atoms with Gasteiger partial charge in [0.05, 0.1) is 26.4 Å². The smallest absolute Gasteiger partial charge is 0.310 e. The molecule has 3 rings (SSSR count). The molecule has 2 aromatic carbocycles. The number of ether oxygens (including phenoxy) is 3. The number of benzene rings is 2. The third kappa shape index (κ3) is 4.45. The zero-order valence-corrected chi connectivity index (χ0v) is 17.1. The Kier molecular flexibility index (Phi) is 6.06. The van der Waals surface area contributed by atoms with Gasteiger partial charge in [-0.3, -0.25) is 4.79 Å². The number of carbonyl (C=O) groups excluding carboxylic acids is 1. The van der Waals surface area contributed by atoms with Crippen molar-refractivity contribution in [2.45, 2.75) is 26.9 Å². The predicted molar refractivity (Wildman–Crippen MR) is 106 cm³/mol. The van der Waals surface area contributed by atoms with Crippen molar-refractivity contribution >= 4 is 32.9 Å². The molecule has 0 saturated heterocycles. The zero-order chi connectivity index (χ0) is 19.4. The summed E-state index contributed by atoms with van der Waals surface area (Å²) in [7, 11) is 1.61. The van der Waals surface area contributed by atoms with E-state index in [1.54, 1.807) is 20.3 Å². The van der Waals surface area contributed by atoms with Crippen LogP contribution in [-0.4, -0.2) is 19.7 Å². The van der Waals surface area contributed by atoms with Gasteiger partial charge in [-0.1, -0.05) is 28.1 Å². The van der Waals surface area contributed by atoms with Crippen molar-refractivity contribution in [3.8, 4) is 11.5 Å². The van der Waals surface area contributed by atoms with E-state index in [2.05, 4.69) is 15.9 Å². The highest BCUT2D eigenvalue weighted by molar-refractivity contribution is 9.10. The van der Waals surface area contributed by atoms with Crippen molar-refractivity contribution in [2.75, 3.05) is 13.7 Å². The highest BCUT2D eigenvalue weighted by Gasteiger charge is 2.15. The molecule has 0 atom stereocenters. The first-order valence-corrected chi connectivity index (χ1v) is 9.42. The Balaban J connectivity index is 1.85. The van der Waals surface area contributed by atoms with Crippen molar-refractivity contribution in [1.82, 2.24) is 0 Å². The molecule has 1 heterocycles. The molecule has 0 amide bonds. The summed E-state index contributed by atoms with van der Waals surface area (Å²) in [4.78, 5) is 11.9. The molecule has 27 heavy (non-hydrogen) atoms. The Labute approximate surface area is 166 Å². The lowest BCUT2D eigenvalue weighted by Gasteiger charge is -2.12. The standard InChI is InChI=1S/C21H21BrO5/c1-4-25-20(23)8-14-6-5-13(2)7-18(14)26-11-15-12-27-21-17(15)9-16(22)10-19(21)24-3/h5-7,9-10,12H,4,8,11H2,1-3H3. The van der Waals surface area contributed by atoms with Gasteiger partial charge < -0.3 is 18.6 Å². The maximum Gasteiger partial charge on any atom is 0.310 e. The molecule has 3 aromatic rings. The summed E-state index contributed by atoms with van der Waals surface area (Å²) in [6, 6.07) is 9.60. The topological polar surface area (TPSA) is 57.9 Å². The molecule has 6 heteroatoms. The molecule has 0 unspecified atom stereocenters. The third-order valence-electron chi connectivity index (χ3n) is 4.15. The second-order valence-corrected chi connectivity index (χ2v) is 7.04. The lowest BCUT2D eigenvalue weighted by atomic mass is 10.1. The number of carbonyl (C=O) groups is 1. The molecule has 1 aromatic heterocycles. The maximum absolute atomic E-state index is 11.9. The fourth-order valence-electron chi connectivity index (χ4n) is 2.85. The number of hydrogen-bond acceptors (Lipinski definition) is 5. The number of methoxy groups -OCH3 is 1. The van der Waals surface area contributed by atoms with Crippen molar-refractivity contribution in [3.05, 3.63) is 57.8 Å². The quantitative estimate of drug-likeness (QED) is 0.480. The van der Waals surface area contributed by atoms with Crippen molar-refractivity contribution in [2.24, 2.45) is 0 Å². The number of hydrogen-bond donors (Lipinski definition) is 0. The average molecular weight is 433 g/mol. The van der Waals surface area contributed by atoms with Crippen LogP contribution in [0.4, 0.5) is 0 Å². The van der Waals surface area contributed by atoms with Crippen LogP contribution in [-0.2, 0) is 22.6 Å². The molecule has 0 radical (unpaired) electrons. The van der Waals surface area contributed by atoms with E-state index in [1.165, 1.54) is 0 Å². The molecule has 0 aliphatic heterocycles. The molecule has 0 aliphatic carbocycles. The monoisotopic (exact) mass is 432 g/mol. The van der Waals surface area contributed by atoms with Gasteiger partial charge in [-0.25, -0.2) is 0 Å². The minimum atomic E-state index is -0.270. The van der Waals surface area contributed by atoms with Crippen LogP contribution in [0.25, 0.3) is 11.0 Å². The van der Waals surface area contributed by atoms with Crippen LogP contribution < -0.4 is 9.47 Å². The molecular formula is C21H21BrO5. The minimum absolute atomic E-state index is 0.176. The van der Waals surface area contributed by atoms with Crippen LogP contribution in [0.1, 0.15) is 23.6 Å². The SMILES string of the molecule is CCOC(=O)Cc1ccc(C)cc1OCc1coc2c(OC)cc(Br)cc12. The summed E-state index contributed by atoms with van der Waals surface area (Å²) < 4.78 is 23.0. The van der Waals surface area contributed by atoms with Gasteiger partial charge >= 0.3 is 5.97 Å². The number of rotatable bonds is 7. The van der Waals surface area contributed by atoms with E-state index in [0.717, 1.165) is 26.5 Å². The Morgan fingerprint density at radius 3 is 2.70 bits per heavy atom. The third-order valence-corrected chi connectivity index (χ3v) is 4.61. The van der Waals surface area contributed by atoms with Gasteiger partial charge in [0, 0.05) is 21.0 Å². The van der Waals surface area contributed by atoms with Gasteiger partial charge in [-0.15, -0.1) is 0 Å². The number of furan rings is 1. The average Bonchev–Trinajstić information content (AvgIpc) is 3.04. The first kappa shape index (κ1) is 19.3. The fraction of sp³-hybridized carbons (Fsp3) is 0.286. The van der Waals surface area contributed by atoms with Crippen molar-refractivity contribution in [3.63, 3.8) is 0 Å². The molecule has 0 fully saturated rings. The van der Waals surface area contributed by atoms with E-state index < -0.39 is 0 Å². The van der Waals surface area contributed by atoms with Crippen molar-refractivity contribution < 1.29 is 23.4 Å². The number of aryl methyl sites for hydroxylation is 1. The van der Waals surface area contributed by atoms with Crippen LogP contribution in [0.2, 0.25) is 0 Å². The molecule has 0 aliphatic rings. The summed E-state index contributed by atoms with van der Waals surface area (Å²) in [5.74, 6) is 1.05. The van der Waals surface area contributed by atoms with Crippen LogP contribution in [0.3, 0.4) is 0 Å². The molecular weight excluding hydrogens is 412 g/mol. The first-order valence-electron chi connectivity index (χ1n) is 8.63. The van der Waals surface area contributed by atoms with Crippen LogP contribution in [0.5, 0.6) is 11.5 Å². The van der Waals surface area contributed by atoms with Gasteiger partial charge in [-0.2, -0.15) is 0 Å². The zero-order valence-electron chi connectivity index (χ0n) is 15.5. The van der Waals surface area contributed by atoms with Gasteiger partial charge in [0.1, 0.15) is 12.4 Å². The van der Waals surface area contributed by atoms with Crippen LogP contribution >= 0.6 is 15.9 Å². The van der Waals surface area contributed by atoms with E-state index in [1.807, 2.05) is 37.3 Å². The summed E-state index contributed by atoms with van der Waals surface area (Å²) in [6.07, 6.45) is 1.84. The normalized spacial score (nSPS) is 10.8. The predicted octanol–water partition coefficient (Wildman–Crippen LogP) is 5.20. The number of fused-ring (bicyclic) bond motifs is 1. The fourth-order valence-corrected chi connectivity index (χ4v) is 3.29. The van der Waals surface area contributed by atoms with Crippen LogP contribution in [0, 0.1) is 6.92 Å². The Morgan fingerprint density at radius 1 is 1.15 bits per heavy atom. The number of esters is 1. The largest absolute Gasteiger partial charge is 0.493 e. The van der Waals surface area contributed by atoms with Gasteiger partial charge in [-0.05, 0) is 37.6 Å². The Morgan fingerprint density at radius 2 is 1.96 bits per heavy atom. The summed E-state index contributed by atoms with van der Waals surface area (Å²) >= 11 is 3.49. The second-order valence-electron chi connectivity index (χ2n) is 6.13. The summed E-state index contributed by atoms with van der Waals surface area (Å²) in [5.41, 5.74) is 3.42. The summed E-state index contributed by atoms with van der Waals surface area (Å²) in [6.45, 7) is 4.45. The Hall–Kier alpha value is -2.47. The molecule has 0 spiro atoms. The molecule has 0 bridgehead atoms. The minimum Gasteiger partial charge on any atom is -0.493 e. The highest BCUT2D eigenvalue weighted by Crippen LogP contribution is 2.34. The number of halogens is 1. The van der Waals surface area contributed by atoms with E-state index >= 15 is 0 Å². The molecule has 142 valence electrons. The first-order chi connectivity index (χ1) is 13.0. The van der Waals surface area contributed by atoms with Gasteiger partial charge in [0.15, 0.2) is 11.3 Å². The van der Waals surface area contributed by atoms with Gasteiger partial charge in [0.25, 0.3) is 0 Å². The summed E-state index contributed by atoms with van der Waals surface area (Å²) in [5, 5.41) is 0.917. The van der Waals surface area contributed by atoms with Crippen LogP contribution in [0.15, 0.2) is 45.5 Å². The van der Waals surface area contributed by atoms with Crippen molar-refractivity contribution in [1.29, 1.82) is 0 Å². The molecule has 5 nitrogen and oxygen atoms in total. The van der Waals surface area contributed by atoms with E-state index in [4.69, 9.17) is 18.6 Å². The van der Waals surface area contributed by atoms with E-state index in [-0.39, 0.29) is 12.4 Å². The molecule has 0 N–H and O–H groups in total. The lowest BCUT2D eigenvalue weighted by molar-refractivity contribution is -0.142. The molecule has 0 saturated carbocycles. The highest BCUT2D eigenvalue weighted by atomic mass is 79.9. The van der Waals surface area contributed by atoms with E-state index in [9.17, 15) is 4.79 Å². The Bertz CT molecular complexity index is 961.